The number of halogens is 1. The van der Waals surface area contributed by atoms with Crippen LogP contribution in [0.25, 0.3) is 0 Å². The van der Waals surface area contributed by atoms with Gasteiger partial charge < -0.3 is 5.73 Å². The van der Waals surface area contributed by atoms with Gasteiger partial charge in [-0.1, -0.05) is 41.9 Å². The van der Waals surface area contributed by atoms with Crippen molar-refractivity contribution in [2.45, 2.75) is 31.8 Å². The van der Waals surface area contributed by atoms with Gasteiger partial charge in [-0.2, -0.15) is 5.10 Å². The molecule has 0 unspecified atom stereocenters. The van der Waals surface area contributed by atoms with Crippen molar-refractivity contribution < 1.29 is 4.79 Å². The Hall–Kier alpha value is -1.85. The molecule has 2 N–H and O–H groups in total. The summed E-state index contributed by atoms with van der Waals surface area (Å²) in [5.41, 5.74) is 8.57. The summed E-state index contributed by atoms with van der Waals surface area (Å²) in [7, 11) is 1.83. The molecule has 1 aromatic heterocycles. The van der Waals surface area contributed by atoms with Gasteiger partial charge in [0.25, 0.3) is 0 Å². The molecule has 1 aromatic carbocycles. The monoisotopic (exact) mass is 332 g/mol. The van der Waals surface area contributed by atoms with E-state index in [2.05, 4.69) is 10.00 Å². The minimum atomic E-state index is -0.445. The van der Waals surface area contributed by atoms with Crippen LogP contribution in [-0.4, -0.2) is 27.1 Å². The van der Waals surface area contributed by atoms with Crippen molar-refractivity contribution in [3.05, 3.63) is 52.3 Å². The lowest BCUT2D eigenvalue weighted by atomic mass is 10.0. The molecule has 1 saturated heterocycles. The first-order valence-corrected chi connectivity index (χ1v) is 8.17. The van der Waals surface area contributed by atoms with Gasteiger partial charge in [0.15, 0.2) is 0 Å². The van der Waals surface area contributed by atoms with Crippen LogP contribution >= 0.6 is 11.6 Å². The molecule has 23 heavy (non-hydrogen) atoms. The van der Waals surface area contributed by atoms with Crippen LogP contribution < -0.4 is 5.73 Å². The van der Waals surface area contributed by atoms with Gasteiger partial charge in [0.1, 0.15) is 11.2 Å². The lowest BCUT2D eigenvalue weighted by molar-refractivity contribution is -0.123. The van der Waals surface area contributed by atoms with Gasteiger partial charge in [-0.05, 0) is 31.9 Å². The first-order valence-electron chi connectivity index (χ1n) is 7.79. The summed E-state index contributed by atoms with van der Waals surface area (Å²) < 4.78 is 1.69. The van der Waals surface area contributed by atoms with E-state index in [-0.39, 0.29) is 11.9 Å². The summed E-state index contributed by atoms with van der Waals surface area (Å²) in [6.07, 6.45) is 1.95. The third-order valence-electron chi connectivity index (χ3n) is 4.54. The molecule has 5 nitrogen and oxygen atoms in total. The molecule has 1 aliphatic rings. The third kappa shape index (κ3) is 2.86. The predicted octanol–water partition coefficient (Wildman–Crippen LogP) is 2.75. The van der Waals surface area contributed by atoms with Gasteiger partial charge in [-0.25, -0.2) is 0 Å². The normalized spacial score (nSPS) is 19.9. The SMILES string of the molecule is Cc1nn(C)c(Cl)c1[C@@H]1CCCN1[C@H](C(N)=O)c1ccccc1. The topological polar surface area (TPSA) is 64.2 Å². The van der Waals surface area contributed by atoms with Crippen LogP contribution in [0, 0.1) is 6.92 Å². The van der Waals surface area contributed by atoms with E-state index in [1.807, 2.05) is 44.3 Å². The van der Waals surface area contributed by atoms with Crippen molar-refractivity contribution >= 4 is 17.5 Å². The van der Waals surface area contributed by atoms with Crippen LogP contribution in [0.1, 0.15) is 41.7 Å². The molecule has 2 aromatic rings. The van der Waals surface area contributed by atoms with Crippen molar-refractivity contribution in [2.24, 2.45) is 12.8 Å². The molecular formula is C17H21ClN4O. The summed E-state index contributed by atoms with van der Waals surface area (Å²) >= 11 is 6.45. The highest BCUT2D eigenvalue weighted by atomic mass is 35.5. The second kappa shape index (κ2) is 6.34. The number of rotatable bonds is 4. The number of amides is 1. The standard InChI is InChI=1S/C17H21ClN4O/c1-11-14(16(18)21(2)20-11)13-9-6-10-22(13)15(17(19)23)12-7-4-3-5-8-12/h3-5,7-8,13,15H,6,9-10H2,1-2H3,(H2,19,23)/t13-,15-/m0/s1. The first-order chi connectivity index (χ1) is 11.0. The number of aromatic nitrogens is 2. The average Bonchev–Trinajstić information content (AvgIpc) is 3.06. The Morgan fingerprint density at radius 2 is 2.09 bits per heavy atom. The summed E-state index contributed by atoms with van der Waals surface area (Å²) in [4.78, 5) is 14.3. The van der Waals surface area contributed by atoms with Gasteiger partial charge in [0, 0.05) is 18.7 Å². The minimum absolute atomic E-state index is 0.0638. The highest BCUT2D eigenvalue weighted by Crippen LogP contribution is 2.42. The molecule has 3 rings (SSSR count). The number of nitrogens with two attached hydrogens (primary N) is 1. The highest BCUT2D eigenvalue weighted by molar-refractivity contribution is 6.30. The molecule has 1 aliphatic heterocycles. The van der Waals surface area contributed by atoms with Gasteiger partial charge in [0.05, 0.1) is 5.69 Å². The number of carbonyl (C=O) groups excluding carboxylic acids is 1. The smallest absolute Gasteiger partial charge is 0.239 e. The molecule has 1 fully saturated rings. The maximum absolute atomic E-state index is 12.2. The Bertz CT molecular complexity index is 713. The van der Waals surface area contributed by atoms with Gasteiger partial charge >= 0.3 is 0 Å². The van der Waals surface area contributed by atoms with Gasteiger partial charge in [-0.15, -0.1) is 0 Å². The van der Waals surface area contributed by atoms with Crippen molar-refractivity contribution in [1.29, 1.82) is 0 Å². The molecule has 6 heteroatoms. The molecule has 2 heterocycles. The largest absolute Gasteiger partial charge is 0.368 e. The Labute approximate surface area is 141 Å². The zero-order valence-electron chi connectivity index (χ0n) is 13.4. The van der Waals surface area contributed by atoms with E-state index in [1.165, 1.54) is 0 Å². The number of benzene rings is 1. The van der Waals surface area contributed by atoms with Crippen LogP contribution in [0.4, 0.5) is 0 Å². The van der Waals surface area contributed by atoms with Crippen LogP contribution in [0.2, 0.25) is 5.15 Å². The third-order valence-corrected chi connectivity index (χ3v) is 4.99. The molecule has 0 spiro atoms. The van der Waals surface area contributed by atoms with Crippen molar-refractivity contribution in [2.75, 3.05) is 6.54 Å². The van der Waals surface area contributed by atoms with Crippen LogP contribution in [0.5, 0.6) is 0 Å². The number of likely N-dealkylation sites (tertiary alicyclic amines) is 1. The maximum Gasteiger partial charge on any atom is 0.239 e. The Morgan fingerprint density at radius 3 is 2.65 bits per heavy atom. The lowest BCUT2D eigenvalue weighted by Crippen LogP contribution is -2.37. The molecule has 0 aliphatic carbocycles. The molecule has 0 bridgehead atoms. The number of nitrogens with zero attached hydrogens (tertiary/aromatic N) is 3. The van der Waals surface area contributed by atoms with E-state index in [4.69, 9.17) is 17.3 Å². The summed E-state index contributed by atoms with van der Waals surface area (Å²) in [6, 6.07) is 9.31. The van der Waals surface area contributed by atoms with Crippen molar-refractivity contribution in [1.82, 2.24) is 14.7 Å². The zero-order valence-corrected chi connectivity index (χ0v) is 14.1. The number of hydrogen-bond acceptors (Lipinski definition) is 3. The quantitative estimate of drug-likeness (QED) is 0.936. The molecule has 2 atom stereocenters. The Kier molecular flexibility index (Phi) is 4.41. The molecule has 0 radical (unpaired) electrons. The molecule has 122 valence electrons. The lowest BCUT2D eigenvalue weighted by Gasteiger charge is -2.31. The molecule has 0 saturated carbocycles. The van der Waals surface area contributed by atoms with Crippen LogP contribution in [0.15, 0.2) is 30.3 Å². The summed E-state index contributed by atoms with van der Waals surface area (Å²) in [6.45, 7) is 2.78. The summed E-state index contributed by atoms with van der Waals surface area (Å²) in [5.74, 6) is -0.333. The molecule has 1 amide bonds. The van der Waals surface area contributed by atoms with E-state index < -0.39 is 6.04 Å². The number of carbonyl (C=O) groups is 1. The highest BCUT2D eigenvalue weighted by Gasteiger charge is 2.38. The fraction of sp³-hybridized carbons (Fsp3) is 0.412. The van der Waals surface area contributed by atoms with E-state index in [9.17, 15) is 4.79 Å². The Morgan fingerprint density at radius 1 is 1.39 bits per heavy atom. The minimum Gasteiger partial charge on any atom is -0.368 e. The van der Waals surface area contributed by atoms with E-state index in [0.29, 0.717) is 5.15 Å². The Balaban J connectivity index is 2.01. The summed E-state index contributed by atoms with van der Waals surface area (Å²) in [5, 5.41) is 5.04. The van der Waals surface area contributed by atoms with E-state index >= 15 is 0 Å². The second-order valence-electron chi connectivity index (χ2n) is 6.02. The number of primary amides is 1. The van der Waals surface area contributed by atoms with Gasteiger partial charge in [-0.3, -0.25) is 14.4 Å². The fourth-order valence-electron chi connectivity index (χ4n) is 3.59. The maximum atomic E-state index is 12.2. The van der Waals surface area contributed by atoms with Crippen molar-refractivity contribution in [3.63, 3.8) is 0 Å². The average molecular weight is 333 g/mol. The van der Waals surface area contributed by atoms with Crippen LogP contribution in [0.3, 0.4) is 0 Å². The zero-order chi connectivity index (χ0) is 16.6. The van der Waals surface area contributed by atoms with Crippen LogP contribution in [-0.2, 0) is 11.8 Å². The second-order valence-corrected chi connectivity index (χ2v) is 6.38. The first kappa shape index (κ1) is 16.0. The fourth-order valence-corrected chi connectivity index (χ4v) is 3.89. The van der Waals surface area contributed by atoms with E-state index in [0.717, 1.165) is 36.2 Å². The predicted molar refractivity (Wildman–Crippen MR) is 90.0 cm³/mol. The number of aryl methyl sites for hydroxylation is 2. The van der Waals surface area contributed by atoms with E-state index in [1.54, 1.807) is 4.68 Å². The van der Waals surface area contributed by atoms with Crippen molar-refractivity contribution in [3.8, 4) is 0 Å². The molecular weight excluding hydrogens is 312 g/mol. The van der Waals surface area contributed by atoms with Gasteiger partial charge in [0.2, 0.25) is 5.91 Å². The number of hydrogen-bond donors (Lipinski definition) is 1.